The van der Waals surface area contributed by atoms with Crippen LogP contribution >= 0.6 is 0 Å². The molecule has 2 rings (SSSR count). The van der Waals surface area contributed by atoms with Crippen LogP contribution in [0.15, 0.2) is 18.2 Å². The molecule has 0 fully saturated rings. The van der Waals surface area contributed by atoms with Gasteiger partial charge >= 0.3 is 0 Å². The third kappa shape index (κ3) is 2.84. The number of ether oxygens (including phenoxy) is 1. The second-order valence-electron chi connectivity index (χ2n) is 3.52. The van der Waals surface area contributed by atoms with Gasteiger partial charge in [0.15, 0.2) is 11.6 Å². The van der Waals surface area contributed by atoms with Gasteiger partial charge in [0.05, 0.1) is 12.8 Å². The lowest BCUT2D eigenvalue weighted by atomic mass is 10.3. The fourth-order valence-corrected chi connectivity index (χ4v) is 1.37. The molecule has 5 nitrogen and oxygen atoms in total. The van der Waals surface area contributed by atoms with Gasteiger partial charge in [0.2, 0.25) is 11.8 Å². The molecular formula is C11H9F3N4O. The number of hydrogen-bond donors (Lipinski definition) is 2. The quantitative estimate of drug-likeness (QED) is 0.837. The lowest BCUT2D eigenvalue weighted by Gasteiger charge is -2.09. The maximum atomic E-state index is 13.4. The molecule has 0 aliphatic heterocycles. The minimum absolute atomic E-state index is 0.0919. The standard InChI is InChI=1S/C11H9F3N4O/c1-19-10-4-9(17-11(15)18-10)16-8-3-6(13)5(12)2-7(8)14/h2-4H,1H3,(H3,15,16,17,18). The van der Waals surface area contributed by atoms with Crippen molar-refractivity contribution in [3.05, 3.63) is 35.7 Å². The van der Waals surface area contributed by atoms with Gasteiger partial charge in [-0.25, -0.2) is 13.2 Å². The van der Waals surface area contributed by atoms with Crippen molar-refractivity contribution in [3.8, 4) is 5.88 Å². The largest absolute Gasteiger partial charge is 0.481 e. The highest BCUT2D eigenvalue weighted by molar-refractivity contribution is 5.58. The summed E-state index contributed by atoms with van der Waals surface area (Å²) in [5, 5.41) is 2.46. The molecule has 0 bridgehead atoms. The third-order valence-electron chi connectivity index (χ3n) is 2.20. The summed E-state index contributed by atoms with van der Waals surface area (Å²) in [4.78, 5) is 7.49. The minimum Gasteiger partial charge on any atom is -0.481 e. The fourth-order valence-electron chi connectivity index (χ4n) is 1.37. The third-order valence-corrected chi connectivity index (χ3v) is 2.20. The number of halogens is 3. The van der Waals surface area contributed by atoms with Crippen molar-refractivity contribution in [1.82, 2.24) is 9.97 Å². The Morgan fingerprint density at radius 1 is 1.05 bits per heavy atom. The van der Waals surface area contributed by atoms with Gasteiger partial charge in [-0.2, -0.15) is 9.97 Å². The van der Waals surface area contributed by atoms with Crippen LogP contribution in [0.2, 0.25) is 0 Å². The first-order chi connectivity index (χ1) is 8.99. The van der Waals surface area contributed by atoms with Crippen LogP contribution < -0.4 is 15.8 Å². The molecule has 3 N–H and O–H groups in total. The zero-order valence-corrected chi connectivity index (χ0v) is 9.75. The second kappa shape index (κ2) is 5.01. The number of rotatable bonds is 3. The second-order valence-corrected chi connectivity index (χ2v) is 3.52. The molecule has 0 saturated carbocycles. The fraction of sp³-hybridized carbons (Fsp3) is 0.0909. The van der Waals surface area contributed by atoms with Crippen molar-refractivity contribution < 1.29 is 17.9 Å². The Morgan fingerprint density at radius 2 is 1.74 bits per heavy atom. The first-order valence-corrected chi connectivity index (χ1v) is 5.09. The molecule has 100 valence electrons. The number of anilines is 3. The summed E-state index contributed by atoms with van der Waals surface area (Å²) in [5.41, 5.74) is 5.13. The van der Waals surface area contributed by atoms with Crippen LogP contribution in [0.25, 0.3) is 0 Å². The van der Waals surface area contributed by atoms with Crippen LogP contribution in [0.1, 0.15) is 0 Å². The summed E-state index contributed by atoms with van der Waals surface area (Å²) in [6.45, 7) is 0. The number of benzene rings is 1. The highest BCUT2D eigenvalue weighted by Crippen LogP contribution is 2.23. The summed E-state index contributed by atoms with van der Waals surface area (Å²) in [6.07, 6.45) is 0. The zero-order valence-electron chi connectivity index (χ0n) is 9.75. The van der Waals surface area contributed by atoms with Crippen LogP contribution in [0.3, 0.4) is 0 Å². The van der Waals surface area contributed by atoms with Gasteiger partial charge in [0, 0.05) is 18.2 Å². The van der Waals surface area contributed by atoms with E-state index in [2.05, 4.69) is 15.3 Å². The zero-order chi connectivity index (χ0) is 14.0. The molecule has 0 amide bonds. The molecular weight excluding hydrogens is 261 g/mol. The molecule has 0 atom stereocenters. The van der Waals surface area contributed by atoms with E-state index in [4.69, 9.17) is 10.5 Å². The molecule has 0 radical (unpaired) electrons. The van der Waals surface area contributed by atoms with Gasteiger partial charge in [-0.15, -0.1) is 0 Å². The molecule has 0 unspecified atom stereocenters. The van der Waals surface area contributed by atoms with Crippen molar-refractivity contribution >= 4 is 17.5 Å². The first-order valence-electron chi connectivity index (χ1n) is 5.09. The molecule has 8 heteroatoms. The molecule has 19 heavy (non-hydrogen) atoms. The first kappa shape index (κ1) is 12.9. The molecule has 1 heterocycles. The van der Waals surface area contributed by atoms with E-state index >= 15 is 0 Å². The SMILES string of the molecule is COc1cc(Nc2cc(F)c(F)cc2F)nc(N)n1. The summed E-state index contributed by atoms with van der Waals surface area (Å²) >= 11 is 0. The average Bonchev–Trinajstić information content (AvgIpc) is 2.35. The highest BCUT2D eigenvalue weighted by Gasteiger charge is 2.11. The van der Waals surface area contributed by atoms with Gasteiger partial charge < -0.3 is 15.8 Å². The van der Waals surface area contributed by atoms with E-state index in [0.29, 0.717) is 12.1 Å². The van der Waals surface area contributed by atoms with E-state index in [0.717, 1.165) is 0 Å². The van der Waals surface area contributed by atoms with Crippen LogP contribution in [-0.4, -0.2) is 17.1 Å². The van der Waals surface area contributed by atoms with E-state index in [-0.39, 0.29) is 23.3 Å². The molecule has 2 aromatic rings. The molecule has 0 aliphatic rings. The monoisotopic (exact) mass is 270 g/mol. The van der Waals surface area contributed by atoms with Crippen molar-refractivity contribution in [1.29, 1.82) is 0 Å². The Hall–Kier alpha value is -2.51. The molecule has 1 aromatic carbocycles. The average molecular weight is 270 g/mol. The topological polar surface area (TPSA) is 73.1 Å². The lowest BCUT2D eigenvalue weighted by Crippen LogP contribution is -2.03. The predicted octanol–water partition coefficient (Wildman–Crippen LogP) is 2.23. The van der Waals surface area contributed by atoms with E-state index in [1.165, 1.54) is 13.2 Å². The number of methoxy groups -OCH3 is 1. The maximum absolute atomic E-state index is 13.4. The lowest BCUT2D eigenvalue weighted by molar-refractivity contribution is 0.398. The Morgan fingerprint density at radius 3 is 2.42 bits per heavy atom. The van der Waals surface area contributed by atoms with Crippen LogP contribution in [-0.2, 0) is 0 Å². The number of nitrogens with two attached hydrogens (primary N) is 1. The number of nitrogens with one attached hydrogen (secondary N) is 1. The van der Waals surface area contributed by atoms with E-state index in [1.807, 2.05) is 0 Å². The maximum Gasteiger partial charge on any atom is 0.225 e. The van der Waals surface area contributed by atoms with Crippen molar-refractivity contribution in [2.45, 2.75) is 0 Å². The minimum atomic E-state index is -1.28. The highest BCUT2D eigenvalue weighted by atomic mass is 19.2. The van der Waals surface area contributed by atoms with Crippen LogP contribution in [0, 0.1) is 17.5 Å². The van der Waals surface area contributed by atoms with Gasteiger partial charge in [-0.3, -0.25) is 0 Å². The Balaban J connectivity index is 2.36. The van der Waals surface area contributed by atoms with Crippen LogP contribution in [0.5, 0.6) is 5.88 Å². The number of hydrogen-bond acceptors (Lipinski definition) is 5. The van der Waals surface area contributed by atoms with Crippen molar-refractivity contribution in [3.63, 3.8) is 0 Å². The normalized spacial score (nSPS) is 10.3. The Labute approximate surface area is 106 Å². The van der Waals surface area contributed by atoms with E-state index in [9.17, 15) is 13.2 Å². The number of nitrogens with zero attached hydrogens (tertiary/aromatic N) is 2. The van der Waals surface area contributed by atoms with E-state index in [1.54, 1.807) is 0 Å². The molecule has 0 saturated heterocycles. The molecule has 0 spiro atoms. The number of aromatic nitrogens is 2. The number of nitrogen functional groups attached to an aromatic ring is 1. The Bertz CT molecular complexity index is 621. The van der Waals surface area contributed by atoms with Gasteiger partial charge in [0.1, 0.15) is 11.6 Å². The molecule has 0 aliphatic carbocycles. The summed E-state index contributed by atoms with van der Waals surface area (Å²) in [5.74, 6) is -3.28. The van der Waals surface area contributed by atoms with Crippen molar-refractivity contribution in [2.75, 3.05) is 18.2 Å². The van der Waals surface area contributed by atoms with Gasteiger partial charge in [-0.1, -0.05) is 0 Å². The smallest absolute Gasteiger partial charge is 0.225 e. The van der Waals surface area contributed by atoms with Crippen LogP contribution in [0.4, 0.5) is 30.6 Å². The molecule has 1 aromatic heterocycles. The van der Waals surface area contributed by atoms with Gasteiger partial charge in [0.25, 0.3) is 0 Å². The summed E-state index contributed by atoms with van der Waals surface area (Å²) < 4.78 is 44.1. The Kier molecular flexibility index (Phi) is 3.41. The van der Waals surface area contributed by atoms with Crippen molar-refractivity contribution in [2.24, 2.45) is 0 Å². The summed E-state index contributed by atoms with van der Waals surface area (Å²) in [6, 6.07) is 2.44. The van der Waals surface area contributed by atoms with E-state index < -0.39 is 17.5 Å². The summed E-state index contributed by atoms with van der Waals surface area (Å²) in [7, 11) is 1.36. The predicted molar refractivity (Wildman–Crippen MR) is 62.6 cm³/mol. The van der Waals surface area contributed by atoms with Gasteiger partial charge in [-0.05, 0) is 0 Å².